The molecule has 219 valence electrons. The molecular formula is C31H62GaGeN4S. The van der Waals surface area contributed by atoms with Gasteiger partial charge in [0.15, 0.2) is 0 Å². The summed E-state index contributed by atoms with van der Waals surface area (Å²) in [5.74, 6) is 3.74. The second kappa shape index (κ2) is 16.0. The summed E-state index contributed by atoms with van der Waals surface area (Å²) >= 11 is -4.69. The van der Waals surface area contributed by atoms with Crippen LogP contribution in [-0.2, 0) is 0 Å². The molecule has 0 amide bonds. The SMILES string of the molecule is CCN=C([S][Ga](/[C](=C\C(C)(C)C)[Ge]([C]#CC(C)(C)C)[N](CC)CC)[N](C(C)(C)C)C(C)(C)C)N(CC)CC. The van der Waals surface area contributed by atoms with Gasteiger partial charge in [-0.3, -0.25) is 0 Å². The van der Waals surface area contributed by atoms with Gasteiger partial charge in [0.05, 0.1) is 0 Å². The Bertz CT molecular complexity index is 810. The number of hydrogen-bond donors (Lipinski definition) is 0. The zero-order valence-corrected chi connectivity index (χ0v) is 33.7. The van der Waals surface area contributed by atoms with Gasteiger partial charge in [0, 0.05) is 0 Å². The van der Waals surface area contributed by atoms with Crippen LogP contribution in [0.15, 0.2) is 14.0 Å². The quantitative estimate of drug-likeness (QED) is 0.103. The summed E-state index contributed by atoms with van der Waals surface area (Å²) in [7, 11) is 2.15. The van der Waals surface area contributed by atoms with Crippen LogP contribution in [0.4, 0.5) is 0 Å². The summed E-state index contributed by atoms with van der Waals surface area (Å²) in [5, 5.41) is 1.24. The molecule has 0 unspecified atom stereocenters. The first-order valence-corrected chi connectivity index (χ1v) is 24.0. The van der Waals surface area contributed by atoms with Crippen molar-refractivity contribution < 1.29 is 0 Å². The molecule has 0 saturated carbocycles. The van der Waals surface area contributed by atoms with Crippen LogP contribution in [0.25, 0.3) is 0 Å². The Morgan fingerprint density at radius 3 is 1.58 bits per heavy atom. The van der Waals surface area contributed by atoms with E-state index in [2.05, 4.69) is 157 Å². The summed E-state index contributed by atoms with van der Waals surface area (Å²) in [6.45, 7) is 44.6. The third-order valence-corrected chi connectivity index (χ3v) is 30.8. The molecule has 0 aromatic carbocycles. The molecule has 0 fully saturated rings. The number of aliphatic imine (C=N–C) groups is 1. The van der Waals surface area contributed by atoms with Gasteiger partial charge in [-0.1, -0.05) is 0 Å². The van der Waals surface area contributed by atoms with Crippen molar-refractivity contribution in [2.75, 3.05) is 32.7 Å². The van der Waals surface area contributed by atoms with Crippen molar-refractivity contribution >= 4 is 44.7 Å². The summed E-state index contributed by atoms with van der Waals surface area (Å²) in [6, 6.07) is 0. The molecule has 0 rings (SSSR count). The molecular weight excluding hydrogens is 603 g/mol. The van der Waals surface area contributed by atoms with Crippen LogP contribution in [0, 0.1) is 21.5 Å². The van der Waals surface area contributed by atoms with E-state index in [1.807, 2.05) is 0 Å². The van der Waals surface area contributed by atoms with Crippen molar-refractivity contribution in [1.82, 2.24) is 12.4 Å². The third kappa shape index (κ3) is 13.3. The van der Waals surface area contributed by atoms with E-state index in [1.165, 1.54) is 5.17 Å². The van der Waals surface area contributed by atoms with Crippen molar-refractivity contribution in [1.29, 1.82) is 0 Å². The molecule has 0 aliphatic rings. The molecule has 0 atom stereocenters. The zero-order chi connectivity index (χ0) is 30.1. The molecule has 0 aliphatic heterocycles. The van der Waals surface area contributed by atoms with Crippen LogP contribution in [0.2, 0.25) is 0 Å². The maximum absolute atomic E-state index is 5.13. The van der Waals surface area contributed by atoms with Gasteiger partial charge in [0.25, 0.3) is 0 Å². The first-order valence-electron chi connectivity index (χ1n) is 14.8. The molecule has 0 saturated heterocycles. The maximum atomic E-state index is 5.13. The molecule has 38 heavy (non-hydrogen) atoms. The van der Waals surface area contributed by atoms with E-state index in [-0.39, 0.29) is 21.9 Å². The number of hydrogen-bond acceptors (Lipinski definition) is 4. The Kier molecular flexibility index (Phi) is 16.1. The second-order valence-electron chi connectivity index (χ2n) is 14.1. The van der Waals surface area contributed by atoms with E-state index in [0.29, 0.717) is 0 Å². The van der Waals surface area contributed by atoms with Gasteiger partial charge in [-0.05, 0) is 0 Å². The van der Waals surface area contributed by atoms with E-state index >= 15 is 0 Å². The standard InChI is InChI=1S/C16H29GeN.C8H18N.C7H16N2S.Ga/c1-9-18(10-2)17(13-11-15(3,4)5)14-12-16(6,7)8;1-7(2,3)9-8(4,5)6;1-4-8-7(10)9(5-2)6-3;/h11H,9-10H2,1-8H3;1-6H3;4-6H2,1-3H3,(H,8,10);/q;-1;;+2/p-1. The van der Waals surface area contributed by atoms with Crippen LogP contribution in [0.5, 0.6) is 0 Å². The molecule has 0 aliphatic carbocycles. The Balaban J connectivity index is 7.75. The predicted octanol–water partition coefficient (Wildman–Crippen LogP) is 7.80. The fourth-order valence-corrected chi connectivity index (χ4v) is 35.6. The summed E-state index contributed by atoms with van der Waals surface area (Å²) in [4.78, 5) is 7.60. The van der Waals surface area contributed by atoms with E-state index in [1.54, 1.807) is 2.96 Å². The van der Waals surface area contributed by atoms with Gasteiger partial charge >= 0.3 is 254 Å². The van der Waals surface area contributed by atoms with E-state index in [9.17, 15) is 0 Å². The van der Waals surface area contributed by atoms with Gasteiger partial charge in [-0.15, -0.1) is 0 Å². The average Bonchev–Trinajstić information content (AvgIpc) is 2.72. The van der Waals surface area contributed by atoms with Gasteiger partial charge < -0.3 is 0 Å². The topological polar surface area (TPSA) is 22.1 Å². The van der Waals surface area contributed by atoms with Crippen LogP contribution >= 0.6 is 9.70 Å². The van der Waals surface area contributed by atoms with Crippen molar-refractivity contribution in [3.63, 3.8) is 0 Å². The molecule has 7 heteroatoms. The Morgan fingerprint density at radius 2 is 1.26 bits per heavy atom. The van der Waals surface area contributed by atoms with Crippen LogP contribution in [0.3, 0.4) is 0 Å². The average molecular weight is 665 g/mol. The van der Waals surface area contributed by atoms with Crippen molar-refractivity contribution in [3.8, 4) is 10.7 Å². The van der Waals surface area contributed by atoms with Crippen molar-refractivity contribution in [3.05, 3.63) is 9.04 Å². The number of amidine groups is 1. The van der Waals surface area contributed by atoms with Crippen LogP contribution in [-0.4, -0.2) is 91.1 Å². The molecule has 0 N–H and O–H groups in total. The predicted molar refractivity (Wildman–Crippen MR) is 179 cm³/mol. The monoisotopic (exact) mass is 665 g/mol. The first-order chi connectivity index (χ1) is 17.2. The fraction of sp³-hybridized carbons (Fsp3) is 0.839. The third-order valence-electron chi connectivity index (χ3n) is 5.99. The first kappa shape index (κ1) is 38.2. The minimum atomic E-state index is -2.54. The molecule has 0 aromatic heterocycles. The normalized spacial score (nSPS) is 14.3. The molecule has 0 aromatic rings. The zero-order valence-electron chi connectivity index (χ0n) is 28.4. The number of rotatable bonds is 10. The molecule has 0 spiro atoms. The Hall–Kier alpha value is 0.219. The van der Waals surface area contributed by atoms with Gasteiger partial charge in [0.2, 0.25) is 0 Å². The Morgan fingerprint density at radius 1 is 0.789 bits per heavy atom. The van der Waals surface area contributed by atoms with Gasteiger partial charge in [-0.25, -0.2) is 0 Å². The summed E-state index contributed by atoms with van der Waals surface area (Å²) < 4.78 is 11.4. The molecule has 1 radical (unpaired) electrons. The van der Waals surface area contributed by atoms with E-state index < -0.39 is 29.8 Å². The van der Waals surface area contributed by atoms with Crippen LogP contribution in [0.1, 0.15) is 118 Å². The van der Waals surface area contributed by atoms with Crippen molar-refractivity contribution in [2.45, 2.75) is 129 Å². The number of allylic oxidation sites excluding steroid dienone is 1. The van der Waals surface area contributed by atoms with Gasteiger partial charge in [-0.2, -0.15) is 0 Å². The summed E-state index contributed by atoms with van der Waals surface area (Å²) in [5.41, 5.74) is 0.166. The molecule has 0 heterocycles. The fourth-order valence-electron chi connectivity index (χ4n) is 4.75. The molecule has 4 nitrogen and oxygen atoms in total. The van der Waals surface area contributed by atoms with E-state index in [4.69, 9.17) is 4.99 Å². The number of nitrogens with zero attached hydrogens (tertiary/aromatic N) is 4. The van der Waals surface area contributed by atoms with Gasteiger partial charge in [0.1, 0.15) is 0 Å². The molecule has 0 bridgehead atoms. The second-order valence-corrected chi connectivity index (χ2v) is 29.4. The van der Waals surface area contributed by atoms with E-state index in [0.717, 1.165) is 32.7 Å². The van der Waals surface area contributed by atoms with Crippen LogP contribution < -0.4 is 0 Å². The minimum absolute atomic E-state index is 0.00231. The Labute approximate surface area is 252 Å². The van der Waals surface area contributed by atoms with Crippen molar-refractivity contribution in [2.24, 2.45) is 15.8 Å². The summed E-state index contributed by atoms with van der Waals surface area (Å²) in [6.07, 6.45) is 2.67.